The fraction of sp³-hybridized carbons (Fsp3) is 0.533. The van der Waals surface area contributed by atoms with Gasteiger partial charge in [-0.25, -0.2) is 9.37 Å². The van der Waals surface area contributed by atoms with Crippen LogP contribution in [-0.4, -0.2) is 9.55 Å². The minimum atomic E-state index is -0.188. The van der Waals surface area contributed by atoms with Crippen LogP contribution in [0.25, 0.3) is 11.0 Å². The van der Waals surface area contributed by atoms with Crippen molar-refractivity contribution >= 4 is 39.6 Å². The predicted octanol–water partition coefficient (Wildman–Crippen LogP) is 3.80. The predicted molar refractivity (Wildman–Crippen MR) is 85.8 cm³/mol. The van der Waals surface area contributed by atoms with E-state index in [-0.39, 0.29) is 5.82 Å². The molecule has 2 saturated carbocycles. The van der Waals surface area contributed by atoms with Gasteiger partial charge in [0.05, 0.1) is 14.6 Å². The largest absolute Gasteiger partial charge is 0.369 e. The molecule has 20 heavy (non-hydrogen) atoms. The van der Waals surface area contributed by atoms with E-state index in [9.17, 15) is 4.39 Å². The molecule has 0 saturated heterocycles. The maximum Gasteiger partial charge on any atom is 0.201 e. The SMILES string of the molecule is Nc1nc2cc(I)c(F)cc2n1CC1CC2CCC1C2. The number of nitrogens with zero attached hydrogens (tertiary/aromatic N) is 2. The molecule has 0 aliphatic heterocycles. The number of hydrogen-bond acceptors (Lipinski definition) is 2. The number of rotatable bonds is 2. The number of nitrogens with two attached hydrogens (primary N) is 1. The van der Waals surface area contributed by atoms with Crippen molar-refractivity contribution in [1.82, 2.24) is 9.55 Å². The summed E-state index contributed by atoms with van der Waals surface area (Å²) in [4.78, 5) is 4.39. The van der Waals surface area contributed by atoms with E-state index < -0.39 is 0 Å². The number of imidazole rings is 1. The first-order valence-corrected chi connectivity index (χ1v) is 8.30. The molecule has 2 N–H and O–H groups in total. The average Bonchev–Trinajstić information content (AvgIpc) is 3.08. The third-order valence-electron chi connectivity index (χ3n) is 5.12. The van der Waals surface area contributed by atoms with Gasteiger partial charge in [0.1, 0.15) is 5.82 Å². The van der Waals surface area contributed by atoms with E-state index in [4.69, 9.17) is 5.73 Å². The minimum absolute atomic E-state index is 0.188. The van der Waals surface area contributed by atoms with Gasteiger partial charge in [-0.3, -0.25) is 0 Å². The average molecular weight is 385 g/mol. The highest BCUT2D eigenvalue weighted by Crippen LogP contribution is 2.49. The van der Waals surface area contributed by atoms with E-state index in [2.05, 4.69) is 4.98 Å². The number of anilines is 1. The Morgan fingerprint density at radius 1 is 1.35 bits per heavy atom. The summed E-state index contributed by atoms with van der Waals surface area (Å²) < 4.78 is 16.4. The first-order chi connectivity index (χ1) is 9.61. The summed E-state index contributed by atoms with van der Waals surface area (Å²) in [6.07, 6.45) is 5.43. The quantitative estimate of drug-likeness (QED) is 0.800. The summed E-state index contributed by atoms with van der Waals surface area (Å²) in [6, 6.07) is 3.35. The lowest BCUT2D eigenvalue weighted by molar-refractivity contribution is 0.300. The molecule has 5 heteroatoms. The van der Waals surface area contributed by atoms with Crippen LogP contribution in [0.2, 0.25) is 0 Å². The number of nitrogen functional groups attached to an aromatic ring is 1. The second-order valence-electron chi connectivity index (χ2n) is 6.27. The molecule has 2 aliphatic rings. The Morgan fingerprint density at radius 2 is 2.20 bits per heavy atom. The molecule has 0 radical (unpaired) electrons. The fourth-order valence-corrected chi connectivity index (χ4v) is 4.62. The monoisotopic (exact) mass is 385 g/mol. The summed E-state index contributed by atoms with van der Waals surface area (Å²) in [5.74, 6) is 2.77. The van der Waals surface area contributed by atoms with Gasteiger partial charge < -0.3 is 10.3 Å². The molecule has 3 unspecified atom stereocenters. The molecule has 1 heterocycles. The van der Waals surface area contributed by atoms with Crippen molar-refractivity contribution in [2.75, 3.05) is 5.73 Å². The first kappa shape index (κ1) is 12.9. The Kier molecular flexibility index (Phi) is 2.94. The first-order valence-electron chi connectivity index (χ1n) is 7.22. The van der Waals surface area contributed by atoms with Crippen LogP contribution in [0.3, 0.4) is 0 Å². The Balaban J connectivity index is 1.72. The van der Waals surface area contributed by atoms with Gasteiger partial charge in [0, 0.05) is 12.6 Å². The summed E-state index contributed by atoms with van der Waals surface area (Å²) >= 11 is 1.99. The van der Waals surface area contributed by atoms with Crippen molar-refractivity contribution in [3.05, 3.63) is 21.5 Å². The molecule has 2 aromatic rings. The van der Waals surface area contributed by atoms with Gasteiger partial charge in [-0.05, 0) is 65.7 Å². The Morgan fingerprint density at radius 3 is 2.90 bits per heavy atom. The zero-order valence-electron chi connectivity index (χ0n) is 11.1. The van der Waals surface area contributed by atoms with Crippen LogP contribution >= 0.6 is 22.6 Å². The van der Waals surface area contributed by atoms with Crippen LogP contribution in [0.1, 0.15) is 25.7 Å². The number of hydrogen-bond donors (Lipinski definition) is 1. The van der Waals surface area contributed by atoms with Crippen molar-refractivity contribution < 1.29 is 4.39 Å². The van der Waals surface area contributed by atoms with Crippen LogP contribution in [-0.2, 0) is 6.54 Å². The smallest absolute Gasteiger partial charge is 0.201 e. The van der Waals surface area contributed by atoms with Gasteiger partial charge in [0.25, 0.3) is 0 Å². The summed E-state index contributed by atoms with van der Waals surface area (Å²) in [6.45, 7) is 0.892. The maximum absolute atomic E-state index is 13.8. The Labute approximate surface area is 130 Å². The lowest BCUT2D eigenvalue weighted by atomic mass is 9.89. The maximum atomic E-state index is 13.8. The van der Waals surface area contributed by atoms with Crippen molar-refractivity contribution in [1.29, 1.82) is 0 Å². The fourth-order valence-electron chi connectivity index (χ4n) is 4.17. The number of fused-ring (bicyclic) bond motifs is 3. The topological polar surface area (TPSA) is 43.8 Å². The third-order valence-corrected chi connectivity index (χ3v) is 5.95. The van der Waals surface area contributed by atoms with Gasteiger partial charge in [-0.1, -0.05) is 6.42 Å². The van der Waals surface area contributed by atoms with Crippen LogP contribution in [0.4, 0.5) is 10.3 Å². The molecule has 106 valence electrons. The van der Waals surface area contributed by atoms with Crippen molar-refractivity contribution in [3.63, 3.8) is 0 Å². The van der Waals surface area contributed by atoms with E-state index in [0.29, 0.717) is 15.4 Å². The van der Waals surface area contributed by atoms with E-state index in [0.717, 1.165) is 29.4 Å². The van der Waals surface area contributed by atoms with E-state index in [1.54, 1.807) is 12.1 Å². The van der Waals surface area contributed by atoms with Gasteiger partial charge in [0.15, 0.2) is 0 Å². The summed E-state index contributed by atoms with van der Waals surface area (Å²) in [5.41, 5.74) is 7.70. The van der Waals surface area contributed by atoms with Crippen molar-refractivity contribution in [3.8, 4) is 0 Å². The number of aromatic nitrogens is 2. The number of benzene rings is 1. The van der Waals surface area contributed by atoms with Crippen molar-refractivity contribution in [2.24, 2.45) is 17.8 Å². The summed E-state index contributed by atoms with van der Waals surface area (Å²) in [7, 11) is 0. The second kappa shape index (κ2) is 4.58. The Bertz CT molecular complexity index is 681. The van der Waals surface area contributed by atoms with E-state index >= 15 is 0 Å². The molecule has 4 rings (SSSR count). The standard InChI is InChI=1S/C15H17FIN3/c16-11-5-14-13(6-12(11)17)19-15(18)20(14)7-10-4-8-1-2-9(10)3-8/h5-6,8-10H,1-4,7H2,(H2,18,19). The van der Waals surface area contributed by atoms with Crippen molar-refractivity contribution in [2.45, 2.75) is 32.2 Å². The van der Waals surface area contributed by atoms with Gasteiger partial charge >= 0.3 is 0 Å². The molecule has 0 amide bonds. The van der Waals surface area contributed by atoms with E-state index in [1.165, 1.54) is 25.7 Å². The molecular formula is C15H17FIN3. The molecule has 2 fully saturated rings. The zero-order chi connectivity index (χ0) is 13.9. The van der Waals surface area contributed by atoms with Crippen LogP contribution in [0, 0.1) is 27.1 Å². The molecular weight excluding hydrogens is 368 g/mol. The molecule has 1 aromatic heterocycles. The third kappa shape index (κ3) is 1.93. The van der Waals surface area contributed by atoms with Crippen LogP contribution < -0.4 is 5.73 Å². The molecule has 2 aliphatic carbocycles. The van der Waals surface area contributed by atoms with Crippen LogP contribution in [0.5, 0.6) is 0 Å². The normalized spacial score (nSPS) is 28.6. The molecule has 1 aromatic carbocycles. The van der Waals surface area contributed by atoms with E-state index in [1.807, 2.05) is 27.2 Å². The molecule has 3 nitrogen and oxygen atoms in total. The van der Waals surface area contributed by atoms with Gasteiger partial charge in [-0.2, -0.15) is 0 Å². The van der Waals surface area contributed by atoms with Gasteiger partial charge in [-0.15, -0.1) is 0 Å². The lowest BCUT2D eigenvalue weighted by Gasteiger charge is -2.22. The molecule has 3 atom stereocenters. The minimum Gasteiger partial charge on any atom is -0.369 e. The summed E-state index contributed by atoms with van der Waals surface area (Å²) in [5, 5.41) is 0. The zero-order valence-corrected chi connectivity index (χ0v) is 13.3. The molecule has 2 bridgehead atoms. The number of halogens is 2. The van der Waals surface area contributed by atoms with Crippen LogP contribution in [0.15, 0.2) is 12.1 Å². The lowest BCUT2D eigenvalue weighted by Crippen LogP contribution is -2.18. The highest BCUT2D eigenvalue weighted by atomic mass is 127. The van der Waals surface area contributed by atoms with Gasteiger partial charge in [0.2, 0.25) is 5.95 Å². The second-order valence-corrected chi connectivity index (χ2v) is 7.43. The highest BCUT2D eigenvalue weighted by molar-refractivity contribution is 14.1. The molecule has 0 spiro atoms. The Hall–Kier alpha value is -0.850. The highest BCUT2D eigenvalue weighted by Gasteiger charge is 2.39.